The van der Waals surface area contributed by atoms with E-state index in [9.17, 15) is 0 Å². The summed E-state index contributed by atoms with van der Waals surface area (Å²) in [6.45, 7) is 9.99. The van der Waals surface area contributed by atoms with E-state index in [1.54, 1.807) is 6.20 Å². The molecule has 100 valence electrons. The molecule has 0 bridgehead atoms. The molecule has 0 saturated heterocycles. The van der Waals surface area contributed by atoms with Crippen molar-refractivity contribution in [2.45, 2.75) is 34.2 Å². The van der Waals surface area contributed by atoms with Crippen LogP contribution >= 0.6 is 0 Å². The second kappa shape index (κ2) is 5.89. The van der Waals surface area contributed by atoms with Gasteiger partial charge in [0, 0.05) is 41.5 Å². The van der Waals surface area contributed by atoms with Crippen molar-refractivity contribution in [3.63, 3.8) is 0 Å². The Morgan fingerprint density at radius 1 is 1.11 bits per heavy atom. The molecule has 0 saturated carbocycles. The predicted molar refractivity (Wildman–Crippen MR) is 76.9 cm³/mol. The van der Waals surface area contributed by atoms with E-state index in [-0.39, 0.29) is 0 Å². The van der Waals surface area contributed by atoms with Gasteiger partial charge in [0.15, 0.2) is 5.82 Å². The zero-order valence-corrected chi connectivity index (χ0v) is 12.0. The van der Waals surface area contributed by atoms with Gasteiger partial charge < -0.3 is 5.32 Å². The van der Waals surface area contributed by atoms with Crippen LogP contribution in [0, 0.1) is 20.8 Å². The number of aromatic nitrogens is 3. The first-order valence-electron chi connectivity index (χ1n) is 6.59. The Bertz CT molecular complexity index is 555. The van der Waals surface area contributed by atoms with Crippen molar-refractivity contribution in [1.82, 2.24) is 20.3 Å². The molecule has 0 amide bonds. The van der Waals surface area contributed by atoms with Crippen molar-refractivity contribution in [2.75, 3.05) is 6.54 Å². The molecule has 2 aromatic heterocycles. The molecule has 2 heterocycles. The van der Waals surface area contributed by atoms with Gasteiger partial charge in [-0.05, 0) is 38.9 Å². The highest BCUT2D eigenvalue weighted by Crippen LogP contribution is 2.21. The molecular formula is C15H20N4. The van der Waals surface area contributed by atoms with Gasteiger partial charge in [0.1, 0.15) is 0 Å². The van der Waals surface area contributed by atoms with Crippen molar-refractivity contribution >= 4 is 0 Å². The lowest BCUT2D eigenvalue weighted by atomic mass is 10.1. The van der Waals surface area contributed by atoms with Crippen LogP contribution < -0.4 is 5.32 Å². The number of aryl methyl sites for hydroxylation is 3. The lowest BCUT2D eigenvalue weighted by Crippen LogP contribution is -2.15. The van der Waals surface area contributed by atoms with Crippen molar-refractivity contribution < 1.29 is 0 Å². The summed E-state index contributed by atoms with van der Waals surface area (Å²) in [4.78, 5) is 13.4. The minimum Gasteiger partial charge on any atom is -0.313 e. The number of pyridine rings is 1. The third kappa shape index (κ3) is 2.96. The van der Waals surface area contributed by atoms with Gasteiger partial charge in [0.2, 0.25) is 0 Å². The van der Waals surface area contributed by atoms with Crippen LogP contribution in [0.3, 0.4) is 0 Å². The van der Waals surface area contributed by atoms with Crippen LogP contribution in [0.2, 0.25) is 0 Å². The summed E-state index contributed by atoms with van der Waals surface area (Å²) in [5.74, 6) is 0.787. The van der Waals surface area contributed by atoms with Crippen molar-refractivity contribution in [2.24, 2.45) is 0 Å². The van der Waals surface area contributed by atoms with Crippen LogP contribution in [-0.2, 0) is 6.54 Å². The maximum Gasteiger partial charge on any atom is 0.160 e. The molecule has 0 aliphatic rings. The molecule has 0 spiro atoms. The van der Waals surface area contributed by atoms with E-state index in [0.29, 0.717) is 0 Å². The average Bonchev–Trinajstić information content (AvgIpc) is 2.38. The quantitative estimate of drug-likeness (QED) is 0.913. The summed E-state index contributed by atoms with van der Waals surface area (Å²) >= 11 is 0. The van der Waals surface area contributed by atoms with Gasteiger partial charge >= 0.3 is 0 Å². The monoisotopic (exact) mass is 256 g/mol. The van der Waals surface area contributed by atoms with Gasteiger partial charge in [-0.2, -0.15) is 0 Å². The van der Waals surface area contributed by atoms with E-state index in [0.717, 1.165) is 41.4 Å². The summed E-state index contributed by atoms with van der Waals surface area (Å²) < 4.78 is 0. The predicted octanol–water partition coefficient (Wildman–Crippen LogP) is 2.57. The van der Waals surface area contributed by atoms with Gasteiger partial charge in [-0.15, -0.1) is 0 Å². The first-order chi connectivity index (χ1) is 9.13. The normalized spacial score (nSPS) is 10.7. The molecule has 0 radical (unpaired) electrons. The summed E-state index contributed by atoms with van der Waals surface area (Å²) in [7, 11) is 0. The summed E-state index contributed by atoms with van der Waals surface area (Å²) in [5.41, 5.74) is 5.42. The Balaban J connectivity index is 2.43. The highest BCUT2D eigenvalue weighted by Gasteiger charge is 2.11. The number of nitrogens with one attached hydrogen (secondary N) is 1. The van der Waals surface area contributed by atoms with E-state index in [2.05, 4.69) is 27.2 Å². The van der Waals surface area contributed by atoms with Gasteiger partial charge in [-0.3, -0.25) is 4.98 Å². The summed E-state index contributed by atoms with van der Waals surface area (Å²) in [6, 6.07) is 1.97. The average molecular weight is 256 g/mol. The van der Waals surface area contributed by atoms with Gasteiger partial charge in [-0.1, -0.05) is 6.92 Å². The smallest absolute Gasteiger partial charge is 0.160 e. The molecule has 0 unspecified atom stereocenters. The molecule has 0 fully saturated rings. The van der Waals surface area contributed by atoms with Crippen LogP contribution in [0.1, 0.15) is 29.4 Å². The molecule has 2 aromatic rings. The Kier molecular flexibility index (Phi) is 4.22. The van der Waals surface area contributed by atoms with Crippen LogP contribution in [0.25, 0.3) is 11.4 Å². The maximum atomic E-state index is 4.64. The Morgan fingerprint density at radius 2 is 1.79 bits per heavy atom. The first-order valence-corrected chi connectivity index (χ1v) is 6.59. The number of hydrogen-bond donors (Lipinski definition) is 1. The van der Waals surface area contributed by atoms with E-state index < -0.39 is 0 Å². The minimum atomic E-state index is 0.787. The molecule has 4 nitrogen and oxygen atoms in total. The van der Waals surface area contributed by atoms with E-state index >= 15 is 0 Å². The largest absolute Gasteiger partial charge is 0.313 e. The molecule has 1 N–H and O–H groups in total. The van der Waals surface area contributed by atoms with Gasteiger partial charge in [0.25, 0.3) is 0 Å². The van der Waals surface area contributed by atoms with Crippen molar-refractivity contribution in [3.05, 3.63) is 41.0 Å². The van der Waals surface area contributed by atoms with E-state index in [1.807, 2.05) is 33.0 Å². The zero-order valence-electron chi connectivity index (χ0n) is 12.0. The van der Waals surface area contributed by atoms with Crippen LogP contribution in [0.15, 0.2) is 18.5 Å². The van der Waals surface area contributed by atoms with Crippen LogP contribution in [0.5, 0.6) is 0 Å². The fourth-order valence-electron chi connectivity index (χ4n) is 2.09. The van der Waals surface area contributed by atoms with Crippen molar-refractivity contribution in [3.8, 4) is 11.4 Å². The summed E-state index contributed by atoms with van der Waals surface area (Å²) in [6.07, 6.45) is 3.62. The fourth-order valence-corrected chi connectivity index (χ4v) is 2.09. The molecule has 0 aromatic carbocycles. The van der Waals surface area contributed by atoms with Crippen LogP contribution in [-0.4, -0.2) is 21.5 Å². The molecule has 19 heavy (non-hydrogen) atoms. The Hall–Kier alpha value is -1.81. The zero-order chi connectivity index (χ0) is 13.8. The summed E-state index contributed by atoms with van der Waals surface area (Å²) in [5, 5.41) is 3.33. The van der Waals surface area contributed by atoms with Crippen molar-refractivity contribution in [1.29, 1.82) is 0 Å². The second-order valence-corrected chi connectivity index (χ2v) is 4.67. The standard InChI is InChI=1S/C15H20N4/c1-5-16-9-14-11(3)18-15(19-12(14)4)13-6-7-17-8-10(13)2/h6-8,16H,5,9H2,1-4H3. The minimum absolute atomic E-state index is 0.787. The highest BCUT2D eigenvalue weighted by molar-refractivity contribution is 5.59. The number of rotatable bonds is 4. The molecule has 0 aliphatic heterocycles. The SMILES string of the molecule is CCNCc1c(C)nc(-c2ccncc2C)nc1C. The van der Waals surface area contributed by atoms with Gasteiger partial charge in [-0.25, -0.2) is 9.97 Å². The molecule has 0 atom stereocenters. The molecule has 0 aliphatic carbocycles. The second-order valence-electron chi connectivity index (χ2n) is 4.67. The number of hydrogen-bond acceptors (Lipinski definition) is 4. The van der Waals surface area contributed by atoms with E-state index in [4.69, 9.17) is 0 Å². The Morgan fingerprint density at radius 3 is 2.37 bits per heavy atom. The topological polar surface area (TPSA) is 50.7 Å². The van der Waals surface area contributed by atoms with E-state index in [1.165, 1.54) is 5.56 Å². The third-order valence-corrected chi connectivity index (χ3v) is 3.23. The molecule has 2 rings (SSSR count). The lowest BCUT2D eigenvalue weighted by Gasteiger charge is -2.12. The molecular weight excluding hydrogens is 236 g/mol. The van der Waals surface area contributed by atoms with Crippen LogP contribution in [0.4, 0.5) is 0 Å². The maximum absolute atomic E-state index is 4.64. The number of nitrogens with zero attached hydrogens (tertiary/aromatic N) is 3. The first kappa shape index (κ1) is 13.6. The molecule has 4 heteroatoms. The highest BCUT2D eigenvalue weighted by atomic mass is 14.9. The Labute approximate surface area is 114 Å². The lowest BCUT2D eigenvalue weighted by molar-refractivity contribution is 0.711. The van der Waals surface area contributed by atoms with Gasteiger partial charge in [0.05, 0.1) is 0 Å². The fraction of sp³-hybridized carbons (Fsp3) is 0.400. The third-order valence-electron chi connectivity index (χ3n) is 3.23.